The lowest BCUT2D eigenvalue weighted by atomic mass is 9.91. The van der Waals surface area contributed by atoms with Gasteiger partial charge >= 0.3 is 5.97 Å². The zero-order valence-corrected chi connectivity index (χ0v) is 21.3. The Balaban J connectivity index is 1.22. The summed E-state index contributed by atoms with van der Waals surface area (Å²) >= 11 is 0. The van der Waals surface area contributed by atoms with Gasteiger partial charge in [-0.05, 0) is 68.9 Å². The molecule has 34 heavy (non-hydrogen) atoms. The zero-order chi connectivity index (χ0) is 24.0. The van der Waals surface area contributed by atoms with Crippen molar-refractivity contribution in [2.75, 3.05) is 31.6 Å². The highest BCUT2D eigenvalue weighted by molar-refractivity contribution is 5.76. The van der Waals surface area contributed by atoms with E-state index in [1.54, 1.807) is 0 Å². The fourth-order valence-electron chi connectivity index (χ4n) is 5.05. The molecule has 0 bridgehead atoms. The molecule has 6 heteroatoms. The van der Waals surface area contributed by atoms with E-state index in [-0.39, 0.29) is 11.9 Å². The number of esters is 1. The lowest BCUT2D eigenvalue weighted by Crippen LogP contribution is -2.38. The number of hydrogen-bond donors (Lipinski definition) is 1. The summed E-state index contributed by atoms with van der Waals surface area (Å²) < 4.78 is 5.38. The molecule has 1 aromatic heterocycles. The number of aromatic nitrogens is 1. The molecule has 1 fully saturated rings. The van der Waals surface area contributed by atoms with Gasteiger partial charge in [0.05, 0.1) is 6.61 Å². The number of rotatable bonds is 14. The monoisotopic (exact) mass is 471 g/mol. The van der Waals surface area contributed by atoms with Crippen LogP contribution in [0.15, 0.2) is 12.1 Å². The summed E-state index contributed by atoms with van der Waals surface area (Å²) in [6, 6.07) is 4.23. The Morgan fingerprint density at radius 2 is 1.85 bits per heavy atom. The third-order valence-corrected chi connectivity index (χ3v) is 7.27. The number of ether oxygens (including phenoxy) is 1. The summed E-state index contributed by atoms with van der Waals surface area (Å²) in [7, 11) is 0. The number of likely N-dealkylation sites (tertiary alicyclic amines) is 1. The lowest BCUT2D eigenvalue weighted by molar-refractivity contribution is -0.144. The number of fused-ring (bicyclic) bond motifs is 1. The first-order valence-corrected chi connectivity index (χ1v) is 13.8. The third kappa shape index (κ3) is 9.27. The van der Waals surface area contributed by atoms with Gasteiger partial charge in [0.25, 0.3) is 0 Å². The summed E-state index contributed by atoms with van der Waals surface area (Å²) in [5, 5.41) is 3.37. The van der Waals surface area contributed by atoms with E-state index in [0.29, 0.717) is 31.8 Å². The van der Waals surface area contributed by atoms with Crippen LogP contribution in [0, 0.1) is 5.92 Å². The Morgan fingerprint density at radius 3 is 2.68 bits per heavy atom. The Labute approximate surface area is 206 Å². The van der Waals surface area contributed by atoms with E-state index in [1.165, 1.54) is 31.2 Å². The van der Waals surface area contributed by atoms with Crippen molar-refractivity contribution >= 4 is 17.7 Å². The molecule has 0 saturated carbocycles. The van der Waals surface area contributed by atoms with Gasteiger partial charge in [-0.2, -0.15) is 0 Å². The highest BCUT2D eigenvalue weighted by atomic mass is 16.5. The number of piperidine rings is 1. The second kappa shape index (κ2) is 15.0. The molecular formula is C28H45N3O3. The second-order valence-electron chi connectivity index (χ2n) is 10.0. The molecule has 0 aliphatic carbocycles. The van der Waals surface area contributed by atoms with Crippen molar-refractivity contribution in [3.8, 4) is 0 Å². The average Bonchev–Trinajstić information content (AvgIpc) is 2.87. The Hall–Kier alpha value is -2.11. The fraction of sp³-hybridized carbons (Fsp3) is 0.750. The van der Waals surface area contributed by atoms with Crippen LogP contribution in [0.2, 0.25) is 0 Å². The average molecular weight is 472 g/mol. The summed E-state index contributed by atoms with van der Waals surface area (Å²) in [6.07, 6.45) is 15.3. The van der Waals surface area contributed by atoms with Crippen LogP contribution in [0.1, 0.15) is 102 Å². The predicted molar refractivity (Wildman–Crippen MR) is 137 cm³/mol. The van der Waals surface area contributed by atoms with E-state index in [0.717, 1.165) is 82.5 Å². The van der Waals surface area contributed by atoms with Crippen LogP contribution in [-0.4, -0.2) is 48.0 Å². The SMILES string of the molecule is CCCCCCCCOC(=O)CCCC1CCN(C(=O)CCc2ccc3c(n2)NCCC3)CC1. The van der Waals surface area contributed by atoms with Crippen molar-refractivity contribution in [2.45, 2.75) is 103 Å². The van der Waals surface area contributed by atoms with Gasteiger partial charge in [0.2, 0.25) is 5.91 Å². The minimum Gasteiger partial charge on any atom is -0.466 e. The molecule has 3 heterocycles. The molecule has 0 unspecified atom stereocenters. The van der Waals surface area contributed by atoms with Crippen molar-refractivity contribution in [3.63, 3.8) is 0 Å². The maximum absolute atomic E-state index is 12.7. The molecule has 1 aromatic rings. The number of unbranched alkanes of at least 4 members (excludes halogenated alkanes) is 5. The van der Waals surface area contributed by atoms with Gasteiger partial charge in [-0.15, -0.1) is 0 Å². The number of amides is 1. The number of nitrogens with zero attached hydrogens (tertiary/aromatic N) is 2. The van der Waals surface area contributed by atoms with E-state index >= 15 is 0 Å². The summed E-state index contributed by atoms with van der Waals surface area (Å²) in [6.45, 7) is 5.45. The Bertz CT molecular complexity index is 759. The quantitative estimate of drug-likeness (QED) is 0.279. The molecule has 190 valence electrons. The second-order valence-corrected chi connectivity index (χ2v) is 10.0. The molecule has 1 saturated heterocycles. The van der Waals surface area contributed by atoms with Crippen LogP contribution in [0.5, 0.6) is 0 Å². The molecule has 2 aliphatic heterocycles. The number of anilines is 1. The van der Waals surface area contributed by atoms with Crippen molar-refractivity contribution in [1.82, 2.24) is 9.88 Å². The van der Waals surface area contributed by atoms with Gasteiger partial charge in [0, 0.05) is 38.2 Å². The molecule has 0 atom stereocenters. The number of carbonyl (C=O) groups excluding carboxylic acids is 2. The van der Waals surface area contributed by atoms with E-state index in [2.05, 4.69) is 24.4 Å². The first-order valence-electron chi connectivity index (χ1n) is 13.8. The molecular weight excluding hydrogens is 426 g/mol. The highest BCUT2D eigenvalue weighted by Gasteiger charge is 2.23. The van der Waals surface area contributed by atoms with Gasteiger partial charge in [0.1, 0.15) is 5.82 Å². The molecule has 6 nitrogen and oxygen atoms in total. The fourth-order valence-corrected chi connectivity index (χ4v) is 5.05. The first kappa shape index (κ1) is 26.5. The lowest BCUT2D eigenvalue weighted by Gasteiger charge is -2.32. The van der Waals surface area contributed by atoms with E-state index in [1.807, 2.05) is 4.90 Å². The van der Waals surface area contributed by atoms with E-state index < -0.39 is 0 Å². The number of hydrogen-bond acceptors (Lipinski definition) is 5. The summed E-state index contributed by atoms with van der Waals surface area (Å²) in [5.41, 5.74) is 2.29. The van der Waals surface area contributed by atoms with Crippen LogP contribution in [-0.2, 0) is 27.2 Å². The normalized spacial score (nSPS) is 16.1. The molecule has 3 rings (SSSR count). The molecule has 1 N–H and O–H groups in total. The predicted octanol–water partition coefficient (Wildman–Crippen LogP) is 5.68. The van der Waals surface area contributed by atoms with Crippen molar-refractivity contribution in [2.24, 2.45) is 5.92 Å². The number of pyridine rings is 1. The first-order chi connectivity index (χ1) is 16.7. The van der Waals surface area contributed by atoms with Crippen molar-refractivity contribution in [1.29, 1.82) is 0 Å². The smallest absolute Gasteiger partial charge is 0.305 e. The molecule has 0 spiro atoms. The Kier molecular flexibility index (Phi) is 11.7. The van der Waals surface area contributed by atoms with Crippen LogP contribution in [0.25, 0.3) is 0 Å². The molecule has 2 aliphatic rings. The maximum Gasteiger partial charge on any atom is 0.305 e. The van der Waals surface area contributed by atoms with Crippen molar-refractivity contribution in [3.05, 3.63) is 23.4 Å². The molecule has 0 radical (unpaired) electrons. The van der Waals surface area contributed by atoms with Gasteiger partial charge in [0.15, 0.2) is 0 Å². The maximum atomic E-state index is 12.7. The summed E-state index contributed by atoms with van der Waals surface area (Å²) in [5.74, 6) is 1.81. The van der Waals surface area contributed by atoms with Gasteiger partial charge in [-0.1, -0.05) is 45.1 Å². The number of carbonyl (C=O) groups is 2. The van der Waals surface area contributed by atoms with Gasteiger partial charge < -0.3 is 15.0 Å². The summed E-state index contributed by atoms with van der Waals surface area (Å²) in [4.78, 5) is 31.4. The largest absolute Gasteiger partial charge is 0.466 e. The topological polar surface area (TPSA) is 71.5 Å². The van der Waals surface area contributed by atoms with Crippen LogP contribution >= 0.6 is 0 Å². The minimum absolute atomic E-state index is 0.0489. The van der Waals surface area contributed by atoms with Crippen LogP contribution in [0.3, 0.4) is 0 Å². The van der Waals surface area contributed by atoms with Crippen LogP contribution < -0.4 is 5.32 Å². The van der Waals surface area contributed by atoms with Crippen molar-refractivity contribution < 1.29 is 14.3 Å². The zero-order valence-electron chi connectivity index (χ0n) is 21.3. The number of nitrogens with one attached hydrogen (secondary N) is 1. The standard InChI is InChI=1S/C28H45N3O3/c1-2-3-4-5-6-7-22-34-27(33)12-8-10-23-17-20-31(21-18-23)26(32)16-15-25-14-13-24-11-9-19-29-28(24)30-25/h13-14,23H,2-12,15-22H2,1H3,(H,29,30). The van der Waals surface area contributed by atoms with Gasteiger partial charge in [-0.3, -0.25) is 9.59 Å². The number of aryl methyl sites for hydroxylation is 2. The van der Waals surface area contributed by atoms with Gasteiger partial charge in [-0.25, -0.2) is 4.98 Å². The molecule has 0 aromatic carbocycles. The third-order valence-electron chi connectivity index (χ3n) is 7.27. The minimum atomic E-state index is -0.0489. The Morgan fingerprint density at radius 1 is 1.06 bits per heavy atom. The van der Waals surface area contributed by atoms with E-state index in [9.17, 15) is 9.59 Å². The van der Waals surface area contributed by atoms with Crippen LogP contribution in [0.4, 0.5) is 5.82 Å². The molecule has 1 amide bonds. The highest BCUT2D eigenvalue weighted by Crippen LogP contribution is 2.24. The van der Waals surface area contributed by atoms with E-state index in [4.69, 9.17) is 9.72 Å².